The highest BCUT2D eigenvalue weighted by molar-refractivity contribution is 7.99. The van der Waals surface area contributed by atoms with Gasteiger partial charge in [0.25, 0.3) is 0 Å². The minimum Gasteiger partial charge on any atom is -0.382 e. The molecule has 0 spiro atoms. The quantitative estimate of drug-likeness (QED) is 0.787. The third-order valence-electron chi connectivity index (χ3n) is 3.26. The fraction of sp³-hybridized carbons (Fsp3) is 0.750. The Bertz CT molecular complexity index is 374. The van der Waals surface area contributed by atoms with Crippen LogP contribution in [0.25, 0.3) is 0 Å². The lowest BCUT2D eigenvalue weighted by Gasteiger charge is -2.20. The Morgan fingerprint density at radius 3 is 2.89 bits per heavy atom. The normalized spacial score (nSPS) is 18.1. The Balaban J connectivity index is 1.79. The van der Waals surface area contributed by atoms with Crippen molar-refractivity contribution in [3.8, 4) is 0 Å². The SMILES string of the molecule is CSc1c(N)nsc1NCC(C)CN1CCCC1. The second-order valence-electron chi connectivity index (χ2n) is 4.92. The number of rotatable bonds is 6. The van der Waals surface area contributed by atoms with E-state index in [1.807, 2.05) is 6.26 Å². The molecule has 0 aromatic carbocycles. The molecule has 2 heterocycles. The number of hydrogen-bond donors (Lipinski definition) is 2. The van der Waals surface area contributed by atoms with Gasteiger partial charge in [-0.15, -0.1) is 11.8 Å². The molecule has 0 amide bonds. The van der Waals surface area contributed by atoms with Crippen LogP contribution in [0.1, 0.15) is 19.8 Å². The van der Waals surface area contributed by atoms with Crippen molar-refractivity contribution in [2.75, 3.05) is 43.5 Å². The molecule has 6 heteroatoms. The maximum Gasteiger partial charge on any atom is 0.153 e. The molecular formula is C12H22N4S2. The van der Waals surface area contributed by atoms with Crippen LogP contribution in [0.3, 0.4) is 0 Å². The molecule has 3 N–H and O–H groups in total. The maximum atomic E-state index is 5.82. The maximum absolute atomic E-state index is 5.82. The molecule has 18 heavy (non-hydrogen) atoms. The topological polar surface area (TPSA) is 54.2 Å². The number of nitrogens with zero attached hydrogens (tertiary/aromatic N) is 2. The van der Waals surface area contributed by atoms with Crippen LogP contribution >= 0.6 is 23.3 Å². The standard InChI is InChI=1S/C12H22N4S2/c1-9(8-16-5-3-4-6-16)7-14-12-10(17-2)11(13)15-18-12/h9,14H,3-8H2,1-2H3,(H2,13,15). The van der Waals surface area contributed by atoms with Gasteiger partial charge in [-0.1, -0.05) is 6.92 Å². The van der Waals surface area contributed by atoms with E-state index in [2.05, 4.69) is 21.5 Å². The summed E-state index contributed by atoms with van der Waals surface area (Å²) >= 11 is 3.13. The number of nitrogens with one attached hydrogen (secondary N) is 1. The van der Waals surface area contributed by atoms with E-state index in [1.165, 1.54) is 44.0 Å². The number of aromatic nitrogens is 1. The van der Waals surface area contributed by atoms with Crippen LogP contribution < -0.4 is 11.1 Å². The van der Waals surface area contributed by atoms with Crippen molar-refractivity contribution in [1.29, 1.82) is 0 Å². The Hall–Kier alpha value is -0.460. The summed E-state index contributed by atoms with van der Waals surface area (Å²) in [6.07, 6.45) is 4.77. The van der Waals surface area contributed by atoms with Gasteiger partial charge in [-0.05, 0) is 49.6 Å². The van der Waals surface area contributed by atoms with E-state index in [4.69, 9.17) is 5.73 Å². The summed E-state index contributed by atoms with van der Waals surface area (Å²) in [5, 5.41) is 4.61. The number of hydrogen-bond acceptors (Lipinski definition) is 6. The molecule has 0 saturated carbocycles. The van der Waals surface area contributed by atoms with Gasteiger partial charge < -0.3 is 16.0 Å². The van der Waals surface area contributed by atoms with Crippen LogP contribution in [0.5, 0.6) is 0 Å². The zero-order valence-electron chi connectivity index (χ0n) is 11.1. The highest BCUT2D eigenvalue weighted by Gasteiger charge is 2.16. The van der Waals surface area contributed by atoms with Crippen molar-refractivity contribution >= 4 is 34.1 Å². The summed E-state index contributed by atoms with van der Waals surface area (Å²) in [6, 6.07) is 0. The molecule has 102 valence electrons. The van der Waals surface area contributed by atoms with E-state index in [-0.39, 0.29) is 0 Å². The van der Waals surface area contributed by atoms with Crippen LogP contribution in [0.15, 0.2) is 4.90 Å². The Kier molecular flexibility index (Phi) is 5.14. The van der Waals surface area contributed by atoms with Gasteiger partial charge in [0.05, 0.1) is 4.90 Å². The summed E-state index contributed by atoms with van der Waals surface area (Å²) in [5.74, 6) is 1.31. The molecular weight excluding hydrogens is 264 g/mol. The molecule has 1 aliphatic heterocycles. The highest BCUT2D eigenvalue weighted by atomic mass is 32.2. The molecule has 1 aromatic heterocycles. The smallest absolute Gasteiger partial charge is 0.153 e. The molecule has 0 radical (unpaired) electrons. The Labute approximate surface area is 117 Å². The van der Waals surface area contributed by atoms with Crippen molar-refractivity contribution < 1.29 is 0 Å². The molecule has 1 saturated heterocycles. The molecule has 1 atom stereocenters. The van der Waals surface area contributed by atoms with Crippen LogP contribution in [0.4, 0.5) is 10.8 Å². The first-order valence-electron chi connectivity index (χ1n) is 6.46. The van der Waals surface area contributed by atoms with E-state index in [9.17, 15) is 0 Å². The summed E-state index contributed by atoms with van der Waals surface area (Å²) in [7, 11) is 0. The van der Waals surface area contributed by atoms with Gasteiger partial charge in [-0.3, -0.25) is 0 Å². The third kappa shape index (κ3) is 3.52. The van der Waals surface area contributed by atoms with Crippen LogP contribution in [0, 0.1) is 5.92 Å². The lowest BCUT2D eigenvalue weighted by atomic mass is 10.1. The average Bonchev–Trinajstić information content (AvgIpc) is 2.96. The summed E-state index contributed by atoms with van der Waals surface area (Å²) < 4.78 is 4.19. The van der Waals surface area contributed by atoms with E-state index in [0.717, 1.165) is 16.4 Å². The summed E-state index contributed by atoms with van der Waals surface area (Å²) in [5.41, 5.74) is 5.82. The van der Waals surface area contributed by atoms with Crippen LogP contribution in [-0.2, 0) is 0 Å². The first kappa shape index (κ1) is 14.0. The zero-order chi connectivity index (χ0) is 13.0. The number of likely N-dealkylation sites (tertiary alicyclic amines) is 1. The predicted molar refractivity (Wildman–Crippen MR) is 81.6 cm³/mol. The van der Waals surface area contributed by atoms with Crippen molar-refractivity contribution in [3.05, 3.63) is 0 Å². The second-order valence-corrected chi connectivity index (χ2v) is 6.51. The van der Waals surface area contributed by atoms with Gasteiger partial charge in [0.2, 0.25) is 0 Å². The van der Waals surface area contributed by atoms with E-state index >= 15 is 0 Å². The first-order valence-corrected chi connectivity index (χ1v) is 8.46. The molecule has 1 unspecified atom stereocenters. The average molecular weight is 286 g/mol. The molecule has 4 nitrogen and oxygen atoms in total. The van der Waals surface area contributed by atoms with Gasteiger partial charge in [-0.2, -0.15) is 4.37 Å². The number of anilines is 2. The summed E-state index contributed by atoms with van der Waals surface area (Å²) in [6.45, 7) is 7.03. The largest absolute Gasteiger partial charge is 0.382 e. The van der Waals surface area contributed by atoms with E-state index in [0.29, 0.717) is 11.7 Å². The lowest BCUT2D eigenvalue weighted by Crippen LogP contribution is -2.28. The van der Waals surface area contributed by atoms with Crippen LogP contribution in [0.2, 0.25) is 0 Å². The fourth-order valence-electron chi connectivity index (χ4n) is 2.34. The summed E-state index contributed by atoms with van der Waals surface area (Å²) in [4.78, 5) is 3.65. The van der Waals surface area contributed by atoms with Crippen molar-refractivity contribution in [2.45, 2.75) is 24.7 Å². The van der Waals surface area contributed by atoms with Crippen molar-refractivity contribution in [3.63, 3.8) is 0 Å². The van der Waals surface area contributed by atoms with Crippen LogP contribution in [-0.4, -0.2) is 41.7 Å². The number of thioether (sulfide) groups is 1. The van der Waals surface area contributed by atoms with Gasteiger partial charge >= 0.3 is 0 Å². The number of nitrogen functional groups attached to an aromatic ring is 1. The minimum absolute atomic E-state index is 0.654. The second kappa shape index (κ2) is 6.63. The van der Waals surface area contributed by atoms with E-state index < -0.39 is 0 Å². The predicted octanol–water partition coefficient (Wildman–Crippen LogP) is 2.59. The van der Waals surface area contributed by atoms with Crippen molar-refractivity contribution in [1.82, 2.24) is 9.27 Å². The first-order chi connectivity index (χ1) is 8.70. The van der Waals surface area contributed by atoms with Gasteiger partial charge in [0.1, 0.15) is 5.00 Å². The zero-order valence-corrected chi connectivity index (χ0v) is 12.7. The van der Waals surface area contributed by atoms with Gasteiger partial charge in [-0.25, -0.2) is 0 Å². The molecule has 1 fully saturated rings. The Morgan fingerprint density at radius 1 is 1.50 bits per heavy atom. The minimum atomic E-state index is 0.654. The third-order valence-corrected chi connectivity index (χ3v) is 5.03. The number of nitrogens with two attached hydrogens (primary N) is 1. The lowest BCUT2D eigenvalue weighted by molar-refractivity contribution is 0.294. The molecule has 0 bridgehead atoms. The fourth-order valence-corrected chi connectivity index (χ4v) is 3.89. The van der Waals surface area contributed by atoms with Gasteiger partial charge in [0.15, 0.2) is 5.82 Å². The highest BCUT2D eigenvalue weighted by Crippen LogP contribution is 2.34. The molecule has 2 rings (SSSR count). The molecule has 0 aliphatic carbocycles. The van der Waals surface area contributed by atoms with Crippen molar-refractivity contribution in [2.24, 2.45) is 5.92 Å². The molecule has 1 aromatic rings. The van der Waals surface area contributed by atoms with E-state index in [1.54, 1.807) is 11.8 Å². The van der Waals surface area contributed by atoms with Gasteiger partial charge in [0, 0.05) is 13.1 Å². The molecule has 1 aliphatic rings. The monoisotopic (exact) mass is 286 g/mol. The Morgan fingerprint density at radius 2 is 2.22 bits per heavy atom.